The predicted molar refractivity (Wildman–Crippen MR) is 73.5 cm³/mol. The van der Waals surface area contributed by atoms with Crippen LogP contribution in [0.25, 0.3) is 0 Å². The first-order valence-corrected chi connectivity index (χ1v) is 7.69. The number of nitrogens with one attached hydrogen (secondary N) is 1. The maximum Gasteiger partial charge on any atom is 0.248 e. The van der Waals surface area contributed by atoms with E-state index in [9.17, 15) is 13.2 Å². The number of sulfone groups is 1. The Hall–Kier alpha value is -1.37. The highest BCUT2D eigenvalue weighted by molar-refractivity contribution is 7.94. The predicted octanol–water partition coefficient (Wildman–Crippen LogP) is 0.839. The van der Waals surface area contributed by atoms with Gasteiger partial charge in [0.05, 0.1) is 5.75 Å². The molecule has 0 aromatic heterocycles. The van der Waals surface area contributed by atoms with Gasteiger partial charge in [0, 0.05) is 28.6 Å². The molecule has 0 radical (unpaired) electrons. The lowest BCUT2D eigenvalue weighted by molar-refractivity contribution is 0.100. The van der Waals surface area contributed by atoms with Crippen molar-refractivity contribution in [2.45, 2.75) is 12.6 Å². The second-order valence-electron chi connectivity index (χ2n) is 4.32. The number of carbonyl (C=O) groups excluding carboxylic acids is 1. The van der Waals surface area contributed by atoms with Crippen molar-refractivity contribution in [3.63, 3.8) is 0 Å². The van der Waals surface area contributed by atoms with Gasteiger partial charge in [-0.3, -0.25) is 4.79 Å². The maximum atomic E-state index is 11.2. The number of nitrogens with two attached hydrogens (primary N) is 1. The van der Waals surface area contributed by atoms with Crippen molar-refractivity contribution < 1.29 is 13.2 Å². The van der Waals surface area contributed by atoms with Gasteiger partial charge in [0.15, 0.2) is 9.84 Å². The number of hydrogen-bond acceptors (Lipinski definition) is 4. The Balaban J connectivity index is 2.01. The largest absolute Gasteiger partial charge is 0.366 e. The molecule has 0 fully saturated rings. The summed E-state index contributed by atoms with van der Waals surface area (Å²) in [5, 5.41) is 4.71. The van der Waals surface area contributed by atoms with Crippen LogP contribution < -0.4 is 11.1 Å². The van der Waals surface area contributed by atoms with E-state index in [0.717, 1.165) is 5.56 Å². The second kappa shape index (κ2) is 5.32. The molecule has 1 aliphatic heterocycles. The molecule has 1 aromatic rings. The van der Waals surface area contributed by atoms with Gasteiger partial charge >= 0.3 is 0 Å². The highest BCUT2D eigenvalue weighted by Crippen LogP contribution is 2.18. The van der Waals surface area contributed by atoms with Gasteiger partial charge in [-0.05, 0) is 17.7 Å². The molecule has 102 valence electrons. The van der Waals surface area contributed by atoms with Crippen LogP contribution in [0, 0.1) is 0 Å². The van der Waals surface area contributed by atoms with Crippen LogP contribution in [-0.4, -0.2) is 26.1 Å². The van der Waals surface area contributed by atoms with Gasteiger partial charge in [0.25, 0.3) is 0 Å². The summed E-state index contributed by atoms with van der Waals surface area (Å²) >= 11 is 6.03. The quantitative estimate of drug-likeness (QED) is 0.862. The molecule has 1 amide bonds. The van der Waals surface area contributed by atoms with Gasteiger partial charge in [-0.15, -0.1) is 0 Å². The summed E-state index contributed by atoms with van der Waals surface area (Å²) in [5.74, 6) is -0.476. The molecule has 5 nitrogen and oxygen atoms in total. The normalized spacial score (nSPS) is 20.6. The van der Waals surface area contributed by atoms with E-state index in [4.69, 9.17) is 17.3 Å². The summed E-state index contributed by atoms with van der Waals surface area (Å²) in [5.41, 5.74) is 6.27. The van der Waals surface area contributed by atoms with E-state index in [1.54, 1.807) is 18.2 Å². The van der Waals surface area contributed by atoms with Crippen LogP contribution in [0.4, 0.5) is 0 Å². The minimum absolute atomic E-state index is 0.0595. The molecular weight excluding hydrogens is 288 g/mol. The highest BCUT2D eigenvalue weighted by Gasteiger charge is 2.21. The Labute approximate surface area is 116 Å². The molecule has 2 rings (SSSR count). The van der Waals surface area contributed by atoms with Crippen LogP contribution in [0.2, 0.25) is 5.02 Å². The lowest BCUT2D eigenvalue weighted by atomic mass is 10.1. The summed E-state index contributed by atoms with van der Waals surface area (Å²) in [4.78, 5) is 11.0. The zero-order chi connectivity index (χ0) is 14.0. The second-order valence-corrected chi connectivity index (χ2v) is 6.65. The highest BCUT2D eigenvalue weighted by atomic mass is 35.5. The molecule has 0 spiro atoms. The Morgan fingerprint density at radius 2 is 2.21 bits per heavy atom. The average molecular weight is 301 g/mol. The van der Waals surface area contributed by atoms with Crippen molar-refractivity contribution in [2.24, 2.45) is 5.73 Å². The third-order valence-electron chi connectivity index (χ3n) is 2.82. The van der Waals surface area contributed by atoms with E-state index < -0.39 is 15.7 Å². The van der Waals surface area contributed by atoms with Gasteiger partial charge in [-0.25, -0.2) is 8.42 Å². The molecule has 1 aromatic carbocycles. The SMILES string of the molecule is NC(=O)c1ccc(CNC2C=CS(=O)(=O)C2)c(Cl)c1. The zero-order valence-electron chi connectivity index (χ0n) is 9.97. The maximum absolute atomic E-state index is 11.2. The number of halogens is 1. The van der Waals surface area contributed by atoms with Crippen LogP contribution >= 0.6 is 11.6 Å². The smallest absolute Gasteiger partial charge is 0.248 e. The molecular formula is C12H13ClN2O3S. The summed E-state index contributed by atoms with van der Waals surface area (Å²) in [7, 11) is -3.07. The third-order valence-corrected chi connectivity index (χ3v) is 4.57. The Morgan fingerprint density at radius 1 is 1.47 bits per heavy atom. The Kier molecular flexibility index (Phi) is 3.93. The molecule has 7 heteroatoms. The van der Waals surface area contributed by atoms with Crippen molar-refractivity contribution in [3.05, 3.63) is 45.8 Å². The van der Waals surface area contributed by atoms with E-state index in [-0.39, 0.29) is 11.8 Å². The summed E-state index contributed by atoms with van der Waals surface area (Å²) < 4.78 is 22.5. The van der Waals surface area contributed by atoms with Crippen molar-refractivity contribution in [3.8, 4) is 0 Å². The van der Waals surface area contributed by atoms with Gasteiger partial charge in [0.1, 0.15) is 0 Å². The lowest BCUT2D eigenvalue weighted by Crippen LogP contribution is -2.29. The fourth-order valence-corrected chi connectivity index (χ4v) is 3.30. The first kappa shape index (κ1) is 14.0. The van der Waals surface area contributed by atoms with E-state index >= 15 is 0 Å². The molecule has 0 saturated carbocycles. The topological polar surface area (TPSA) is 89.3 Å². The standard InChI is InChI=1S/C12H13ClN2O3S/c13-11-5-8(12(14)16)1-2-9(11)6-15-10-3-4-19(17,18)7-10/h1-5,10,15H,6-7H2,(H2,14,16). The Bertz CT molecular complexity index is 640. The molecule has 0 bridgehead atoms. The molecule has 0 aliphatic carbocycles. The molecule has 1 aliphatic rings. The van der Waals surface area contributed by atoms with Crippen LogP contribution in [0.15, 0.2) is 29.7 Å². The van der Waals surface area contributed by atoms with Crippen molar-refractivity contribution in [2.75, 3.05) is 5.75 Å². The summed E-state index contributed by atoms with van der Waals surface area (Å²) in [6, 6.07) is 4.58. The fraction of sp³-hybridized carbons (Fsp3) is 0.250. The average Bonchev–Trinajstić information content (AvgIpc) is 2.67. The van der Waals surface area contributed by atoms with Crippen LogP contribution in [-0.2, 0) is 16.4 Å². The molecule has 1 atom stereocenters. The zero-order valence-corrected chi connectivity index (χ0v) is 11.5. The monoisotopic (exact) mass is 300 g/mol. The van der Waals surface area contributed by atoms with Gasteiger partial charge < -0.3 is 11.1 Å². The molecule has 1 unspecified atom stereocenters. The van der Waals surface area contributed by atoms with E-state index in [0.29, 0.717) is 17.1 Å². The molecule has 19 heavy (non-hydrogen) atoms. The number of rotatable bonds is 4. The van der Waals surface area contributed by atoms with Crippen molar-refractivity contribution in [1.82, 2.24) is 5.32 Å². The Morgan fingerprint density at radius 3 is 2.74 bits per heavy atom. The van der Waals surface area contributed by atoms with Crippen LogP contribution in [0.3, 0.4) is 0 Å². The summed E-state index contributed by atoms with van der Waals surface area (Å²) in [6.07, 6.45) is 1.61. The van der Waals surface area contributed by atoms with Gasteiger partial charge in [0.2, 0.25) is 5.91 Å². The first-order valence-electron chi connectivity index (χ1n) is 5.60. The van der Waals surface area contributed by atoms with Crippen molar-refractivity contribution >= 4 is 27.3 Å². The molecule has 0 saturated heterocycles. The van der Waals surface area contributed by atoms with Gasteiger partial charge in [-0.1, -0.05) is 23.7 Å². The lowest BCUT2D eigenvalue weighted by Gasteiger charge is -2.11. The number of hydrogen-bond donors (Lipinski definition) is 2. The van der Waals surface area contributed by atoms with E-state index in [1.807, 2.05) is 0 Å². The first-order chi connectivity index (χ1) is 8.87. The summed E-state index contributed by atoms with van der Waals surface area (Å²) in [6.45, 7) is 0.419. The van der Waals surface area contributed by atoms with Crippen molar-refractivity contribution in [1.29, 1.82) is 0 Å². The minimum Gasteiger partial charge on any atom is -0.366 e. The van der Waals surface area contributed by atoms with E-state index in [2.05, 4.69) is 5.32 Å². The van der Waals surface area contributed by atoms with E-state index in [1.165, 1.54) is 11.5 Å². The van der Waals surface area contributed by atoms with Gasteiger partial charge in [-0.2, -0.15) is 0 Å². The number of benzene rings is 1. The number of primary amides is 1. The van der Waals surface area contributed by atoms with Crippen LogP contribution in [0.1, 0.15) is 15.9 Å². The fourth-order valence-electron chi connectivity index (χ4n) is 1.79. The third kappa shape index (κ3) is 3.56. The van der Waals surface area contributed by atoms with Crippen LogP contribution in [0.5, 0.6) is 0 Å². The minimum atomic E-state index is -3.07. The molecule has 1 heterocycles. The molecule has 3 N–H and O–H groups in total. The number of amides is 1. The number of carbonyl (C=O) groups is 1.